The smallest absolute Gasteiger partial charge is 0.206 e. The molecular weight excluding hydrogens is 333 g/mol. The van der Waals surface area contributed by atoms with Gasteiger partial charge in [-0.2, -0.15) is 0 Å². The second-order valence-electron chi connectivity index (χ2n) is 6.33. The van der Waals surface area contributed by atoms with Crippen LogP contribution in [0.1, 0.15) is 37.7 Å². The van der Waals surface area contributed by atoms with Gasteiger partial charge in [-0.3, -0.25) is 4.57 Å². The number of aliphatic hydroxyl groups is 1. The number of halogens is 1. The zero-order valence-corrected chi connectivity index (χ0v) is 15.3. The summed E-state index contributed by atoms with van der Waals surface area (Å²) in [5.74, 6) is 0.459. The van der Waals surface area contributed by atoms with Gasteiger partial charge in [0.25, 0.3) is 0 Å². The highest BCUT2D eigenvalue weighted by Crippen LogP contribution is 2.51. The van der Waals surface area contributed by atoms with E-state index in [-0.39, 0.29) is 25.1 Å². The van der Waals surface area contributed by atoms with Crippen LogP contribution in [0.2, 0.25) is 0 Å². The van der Waals surface area contributed by atoms with Gasteiger partial charge in [0.1, 0.15) is 0 Å². The molecular formula is C17H29ClNO3P. The van der Waals surface area contributed by atoms with Crippen molar-refractivity contribution >= 4 is 19.8 Å². The molecule has 3 N–H and O–H groups in total. The standard InChI is InChI=1S/C17H28NO3P.ClH/c18-11-17(19)14-22(20,13-16-9-5-2-6-10-16)21-12-15-7-3-1-4-8-15;/h1,3-4,7-8,16-17,19H,2,5-6,9-14,18H2;1H. The van der Waals surface area contributed by atoms with Gasteiger partial charge in [0.15, 0.2) is 0 Å². The van der Waals surface area contributed by atoms with Crippen molar-refractivity contribution in [2.24, 2.45) is 11.7 Å². The Morgan fingerprint density at radius 1 is 1.22 bits per heavy atom. The van der Waals surface area contributed by atoms with Crippen molar-refractivity contribution in [1.82, 2.24) is 0 Å². The van der Waals surface area contributed by atoms with E-state index in [0.29, 0.717) is 18.7 Å². The molecule has 4 nitrogen and oxygen atoms in total. The quantitative estimate of drug-likeness (QED) is 0.691. The van der Waals surface area contributed by atoms with Crippen molar-refractivity contribution in [3.8, 4) is 0 Å². The van der Waals surface area contributed by atoms with Crippen LogP contribution >= 0.6 is 19.8 Å². The molecule has 0 amide bonds. The van der Waals surface area contributed by atoms with Crippen LogP contribution in [0, 0.1) is 5.92 Å². The van der Waals surface area contributed by atoms with E-state index in [4.69, 9.17) is 10.3 Å². The van der Waals surface area contributed by atoms with Gasteiger partial charge < -0.3 is 15.4 Å². The molecule has 0 spiro atoms. The Morgan fingerprint density at radius 3 is 2.48 bits per heavy atom. The van der Waals surface area contributed by atoms with Crippen LogP contribution in [0.5, 0.6) is 0 Å². The number of aliphatic hydroxyl groups excluding tert-OH is 1. The topological polar surface area (TPSA) is 72.5 Å². The average Bonchev–Trinajstić information content (AvgIpc) is 2.55. The molecule has 1 aliphatic carbocycles. The average molecular weight is 362 g/mol. The summed E-state index contributed by atoms with van der Waals surface area (Å²) < 4.78 is 19.0. The van der Waals surface area contributed by atoms with Gasteiger partial charge in [0, 0.05) is 12.7 Å². The van der Waals surface area contributed by atoms with E-state index in [1.165, 1.54) is 19.3 Å². The van der Waals surface area contributed by atoms with E-state index in [0.717, 1.165) is 18.4 Å². The van der Waals surface area contributed by atoms with Crippen molar-refractivity contribution in [3.63, 3.8) is 0 Å². The Labute approximate surface area is 145 Å². The first-order valence-corrected chi connectivity index (χ1v) is 10.3. The third-order valence-electron chi connectivity index (χ3n) is 4.33. The lowest BCUT2D eigenvalue weighted by atomic mass is 9.91. The molecule has 23 heavy (non-hydrogen) atoms. The maximum Gasteiger partial charge on any atom is 0.206 e. The molecule has 0 radical (unpaired) electrons. The van der Waals surface area contributed by atoms with Crippen LogP contribution in [0.4, 0.5) is 0 Å². The molecule has 1 aromatic rings. The van der Waals surface area contributed by atoms with Gasteiger partial charge in [0.05, 0.1) is 18.9 Å². The molecule has 2 rings (SSSR count). The lowest BCUT2D eigenvalue weighted by Gasteiger charge is -2.28. The van der Waals surface area contributed by atoms with Crippen LogP contribution in [0.15, 0.2) is 30.3 Å². The summed E-state index contributed by atoms with van der Waals surface area (Å²) in [6.45, 7) is 0.464. The highest BCUT2D eigenvalue weighted by atomic mass is 35.5. The zero-order chi connectivity index (χ0) is 15.8. The Balaban J connectivity index is 0.00000264. The zero-order valence-electron chi connectivity index (χ0n) is 13.6. The molecule has 0 aliphatic heterocycles. The molecule has 132 valence electrons. The summed E-state index contributed by atoms with van der Waals surface area (Å²) in [5, 5.41) is 9.84. The number of nitrogens with two attached hydrogens (primary N) is 1. The highest BCUT2D eigenvalue weighted by Gasteiger charge is 2.31. The van der Waals surface area contributed by atoms with Gasteiger partial charge in [0.2, 0.25) is 7.37 Å². The van der Waals surface area contributed by atoms with E-state index >= 15 is 0 Å². The minimum absolute atomic E-state index is 0. The molecule has 6 heteroatoms. The van der Waals surface area contributed by atoms with E-state index in [1.807, 2.05) is 30.3 Å². The highest BCUT2D eigenvalue weighted by molar-refractivity contribution is 7.59. The van der Waals surface area contributed by atoms with Crippen molar-refractivity contribution < 1.29 is 14.2 Å². The van der Waals surface area contributed by atoms with Gasteiger partial charge in [-0.25, -0.2) is 0 Å². The second-order valence-corrected chi connectivity index (χ2v) is 8.95. The van der Waals surface area contributed by atoms with Gasteiger partial charge in [-0.05, 0) is 24.3 Å². The molecule has 1 aromatic carbocycles. The molecule has 1 fully saturated rings. The van der Waals surface area contributed by atoms with Crippen molar-refractivity contribution in [1.29, 1.82) is 0 Å². The fraction of sp³-hybridized carbons (Fsp3) is 0.647. The predicted molar refractivity (Wildman–Crippen MR) is 97.5 cm³/mol. The van der Waals surface area contributed by atoms with Gasteiger partial charge in [-0.15, -0.1) is 12.4 Å². The third kappa shape index (κ3) is 7.36. The van der Waals surface area contributed by atoms with Crippen molar-refractivity contribution in [2.75, 3.05) is 18.9 Å². The van der Waals surface area contributed by atoms with Crippen LogP contribution in [0.3, 0.4) is 0 Å². The predicted octanol–water partition coefficient (Wildman–Crippen LogP) is 3.80. The maximum atomic E-state index is 13.2. The molecule has 0 aromatic heterocycles. The molecule has 0 bridgehead atoms. The van der Waals surface area contributed by atoms with Gasteiger partial charge >= 0.3 is 0 Å². The number of hydrogen-bond donors (Lipinski definition) is 2. The number of rotatable bonds is 8. The normalized spacial score (nSPS) is 19.6. The summed E-state index contributed by atoms with van der Waals surface area (Å²) in [7, 11) is -2.86. The van der Waals surface area contributed by atoms with Crippen molar-refractivity contribution in [2.45, 2.75) is 44.8 Å². The summed E-state index contributed by atoms with van der Waals surface area (Å²) in [5.41, 5.74) is 6.50. The molecule has 0 heterocycles. The molecule has 0 saturated heterocycles. The third-order valence-corrected chi connectivity index (χ3v) is 6.98. The molecule has 2 unspecified atom stereocenters. The van der Waals surface area contributed by atoms with Crippen LogP contribution in [-0.4, -0.2) is 30.1 Å². The van der Waals surface area contributed by atoms with Crippen LogP contribution in [-0.2, 0) is 15.7 Å². The minimum Gasteiger partial charge on any atom is -0.391 e. The number of hydrogen-bond acceptors (Lipinski definition) is 4. The first-order valence-electron chi connectivity index (χ1n) is 8.26. The second kappa shape index (κ2) is 10.5. The SMILES string of the molecule is Cl.NCC(O)CP(=O)(CC1CCCCC1)OCc1ccccc1. The monoisotopic (exact) mass is 361 g/mol. The first kappa shape index (κ1) is 20.7. The summed E-state index contributed by atoms with van der Waals surface area (Å²) >= 11 is 0. The minimum atomic E-state index is -2.86. The summed E-state index contributed by atoms with van der Waals surface area (Å²) in [6, 6.07) is 9.76. The maximum absolute atomic E-state index is 13.2. The largest absolute Gasteiger partial charge is 0.391 e. The Kier molecular flexibility index (Phi) is 9.41. The van der Waals surface area contributed by atoms with E-state index in [9.17, 15) is 9.67 Å². The van der Waals surface area contributed by atoms with E-state index < -0.39 is 13.5 Å². The van der Waals surface area contributed by atoms with Gasteiger partial charge in [-0.1, -0.05) is 49.6 Å². The number of benzene rings is 1. The Hall–Kier alpha value is -0.380. The molecule has 2 atom stereocenters. The molecule has 1 aliphatic rings. The fourth-order valence-electron chi connectivity index (χ4n) is 3.11. The summed E-state index contributed by atoms with van der Waals surface area (Å²) in [6.07, 6.45) is 5.95. The van der Waals surface area contributed by atoms with Crippen LogP contribution in [0.25, 0.3) is 0 Å². The van der Waals surface area contributed by atoms with Crippen molar-refractivity contribution in [3.05, 3.63) is 35.9 Å². The van der Waals surface area contributed by atoms with E-state index in [2.05, 4.69) is 0 Å². The van der Waals surface area contributed by atoms with E-state index in [1.54, 1.807) is 0 Å². The summed E-state index contributed by atoms with van der Waals surface area (Å²) in [4.78, 5) is 0. The lowest BCUT2D eigenvalue weighted by molar-refractivity contribution is 0.195. The molecule has 1 saturated carbocycles. The Morgan fingerprint density at radius 2 is 1.87 bits per heavy atom. The first-order chi connectivity index (χ1) is 10.6. The Bertz CT molecular complexity index is 480. The lowest BCUT2D eigenvalue weighted by Crippen LogP contribution is -2.26. The van der Waals surface area contributed by atoms with Crippen LogP contribution < -0.4 is 5.73 Å². The fourth-order valence-corrected chi connectivity index (χ4v) is 5.79.